The van der Waals surface area contributed by atoms with Crippen LogP contribution in [0, 0.1) is 17.6 Å². The summed E-state index contributed by atoms with van der Waals surface area (Å²) in [7, 11) is 0. The van der Waals surface area contributed by atoms with E-state index in [0.29, 0.717) is 0 Å². The van der Waals surface area contributed by atoms with E-state index >= 15 is 0 Å². The van der Waals surface area contributed by atoms with Crippen molar-refractivity contribution in [2.24, 2.45) is 10.9 Å². The number of nitrogens with zero attached hydrogens (tertiary/aromatic N) is 3. The van der Waals surface area contributed by atoms with E-state index in [2.05, 4.69) is 4.90 Å². The van der Waals surface area contributed by atoms with E-state index < -0.39 is 0 Å². The lowest BCUT2D eigenvalue weighted by Gasteiger charge is -2.34. The molecule has 0 N–H and O–H groups in total. The van der Waals surface area contributed by atoms with Gasteiger partial charge in [0, 0.05) is 19.3 Å². The summed E-state index contributed by atoms with van der Waals surface area (Å²) in [5, 5.41) is 2.69. The predicted molar refractivity (Wildman–Crippen MR) is 133 cm³/mol. The van der Waals surface area contributed by atoms with Crippen LogP contribution in [0.1, 0.15) is 37.3 Å². The van der Waals surface area contributed by atoms with Gasteiger partial charge in [-0.25, -0.2) is 8.78 Å². The van der Waals surface area contributed by atoms with Crippen molar-refractivity contribution in [3.05, 3.63) is 88.5 Å². The molecule has 4 nitrogen and oxygen atoms in total. The highest BCUT2D eigenvalue weighted by Crippen LogP contribution is 2.34. The number of likely N-dealkylation sites (tertiary alicyclic amines) is 1. The molecule has 1 fully saturated rings. The molecule has 1 saturated heterocycles. The summed E-state index contributed by atoms with van der Waals surface area (Å²) in [6.45, 7) is 4.67. The van der Waals surface area contributed by atoms with E-state index in [4.69, 9.17) is 4.99 Å². The van der Waals surface area contributed by atoms with Crippen LogP contribution in [-0.2, 0) is 4.79 Å². The van der Waals surface area contributed by atoms with Gasteiger partial charge in [0.25, 0.3) is 0 Å². The van der Waals surface area contributed by atoms with E-state index in [1.165, 1.54) is 41.6 Å². The smallest absolute Gasteiger partial charge is 0.237 e. The number of thioether (sulfide) groups is 1. The SMILES string of the molecule is CC1N=C2SC=CN2C(=O)C1CCN1CCC(=C(c2ccc(F)cc2)c2ccc([18F])cc2)CC1. The highest BCUT2D eigenvalue weighted by Gasteiger charge is 2.37. The summed E-state index contributed by atoms with van der Waals surface area (Å²) in [6, 6.07) is 13.1. The third kappa shape index (κ3) is 4.72. The molecule has 176 valence electrons. The summed E-state index contributed by atoms with van der Waals surface area (Å²) in [4.78, 5) is 21.7. The number of fused-ring (bicyclic) bond motifs is 1. The molecule has 3 aliphatic heterocycles. The zero-order valence-electron chi connectivity index (χ0n) is 19.1. The zero-order chi connectivity index (χ0) is 23.7. The third-order valence-corrected chi connectivity index (χ3v) is 7.65. The van der Waals surface area contributed by atoms with Crippen molar-refractivity contribution >= 4 is 28.4 Å². The van der Waals surface area contributed by atoms with Crippen molar-refractivity contribution in [2.45, 2.75) is 32.2 Å². The molecular weight excluding hydrogens is 451 g/mol. The Morgan fingerprint density at radius 3 is 2.18 bits per heavy atom. The van der Waals surface area contributed by atoms with Gasteiger partial charge in [0.2, 0.25) is 5.91 Å². The second-order valence-corrected chi connectivity index (χ2v) is 9.87. The van der Waals surface area contributed by atoms with Crippen LogP contribution in [0.25, 0.3) is 5.57 Å². The molecule has 2 aromatic carbocycles. The van der Waals surface area contributed by atoms with E-state index in [-0.39, 0.29) is 29.5 Å². The Morgan fingerprint density at radius 2 is 1.59 bits per heavy atom. The minimum atomic E-state index is -0.270. The largest absolute Gasteiger partial charge is 0.303 e. The maximum atomic E-state index is 13.6. The molecule has 0 bridgehead atoms. The summed E-state index contributed by atoms with van der Waals surface area (Å²) in [5.74, 6) is -0.495. The summed E-state index contributed by atoms with van der Waals surface area (Å²) >= 11 is 1.50. The molecule has 2 aromatic rings. The number of benzene rings is 2. The number of aliphatic imine (C=N–C) groups is 1. The van der Waals surface area contributed by atoms with Crippen LogP contribution in [0.4, 0.5) is 8.78 Å². The monoisotopic (exact) mass is 478 g/mol. The number of halogens is 2. The van der Waals surface area contributed by atoms with Gasteiger partial charge < -0.3 is 4.90 Å². The number of hydrogen-bond acceptors (Lipinski definition) is 4. The van der Waals surface area contributed by atoms with Crippen molar-refractivity contribution in [2.75, 3.05) is 19.6 Å². The minimum Gasteiger partial charge on any atom is -0.303 e. The number of piperidine rings is 1. The Balaban J connectivity index is 1.29. The molecule has 2 atom stereocenters. The van der Waals surface area contributed by atoms with Crippen LogP contribution < -0.4 is 0 Å². The van der Waals surface area contributed by atoms with Gasteiger partial charge in [0.15, 0.2) is 5.17 Å². The van der Waals surface area contributed by atoms with Crippen LogP contribution in [0.3, 0.4) is 0 Å². The molecule has 34 heavy (non-hydrogen) atoms. The van der Waals surface area contributed by atoms with Gasteiger partial charge in [0.1, 0.15) is 11.6 Å². The fourth-order valence-electron chi connectivity index (χ4n) is 4.97. The van der Waals surface area contributed by atoms with Gasteiger partial charge in [-0.2, -0.15) is 0 Å². The molecule has 3 heterocycles. The molecule has 7 heteroatoms. The topological polar surface area (TPSA) is 35.9 Å². The fourth-order valence-corrected chi connectivity index (χ4v) is 5.77. The number of carbonyl (C=O) groups is 1. The second-order valence-electron chi connectivity index (χ2n) is 8.99. The molecule has 0 saturated carbocycles. The lowest BCUT2D eigenvalue weighted by Crippen LogP contribution is -2.44. The van der Waals surface area contributed by atoms with Crippen molar-refractivity contribution in [1.29, 1.82) is 0 Å². The Labute approximate surface area is 203 Å². The van der Waals surface area contributed by atoms with Crippen LogP contribution in [-0.4, -0.2) is 46.6 Å². The fraction of sp³-hybridized carbons (Fsp3) is 0.333. The van der Waals surface area contributed by atoms with Gasteiger partial charge in [-0.3, -0.25) is 14.7 Å². The Hall–Kier alpha value is -2.77. The molecular formula is C27H27F2N3OS. The first-order chi connectivity index (χ1) is 16.5. The van der Waals surface area contributed by atoms with E-state index in [0.717, 1.165) is 60.8 Å². The number of carbonyl (C=O) groups excluding carboxylic acids is 1. The van der Waals surface area contributed by atoms with Crippen molar-refractivity contribution in [3.8, 4) is 0 Å². The maximum Gasteiger partial charge on any atom is 0.237 e. The Morgan fingerprint density at radius 1 is 1.00 bits per heavy atom. The van der Waals surface area contributed by atoms with Crippen molar-refractivity contribution in [1.82, 2.24) is 9.80 Å². The highest BCUT2D eigenvalue weighted by atomic mass is 32.2. The molecule has 5 rings (SSSR count). The van der Waals surface area contributed by atoms with Crippen molar-refractivity contribution in [3.63, 3.8) is 0 Å². The first-order valence-corrected chi connectivity index (χ1v) is 12.6. The standard InChI is InChI=1S/C27H27F2N3OS/c1-18-24(26(33)32-16-17-34-27(32)30-18)12-15-31-13-10-21(11-14-31)25(19-2-6-22(28)7-3-19)20-4-8-23(29)9-5-20/h2-9,16-18,24H,10-15H2,1H3/i28-1. The minimum absolute atomic E-state index is 0.00467. The van der Waals surface area contributed by atoms with Gasteiger partial charge in [-0.05, 0) is 79.1 Å². The van der Waals surface area contributed by atoms with Crippen molar-refractivity contribution < 1.29 is 13.6 Å². The van der Waals surface area contributed by atoms with Gasteiger partial charge >= 0.3 is 0 Å². The number of amides is 1. The summed E-state index contributed by atoms with van der Waals surface area (Å²) < 4.78 is 27.1. The lowest BCUT2D eigenvalue weighted by molar-refractivity contribution is -0.131. The Kier molecular flexibility index (Phi) is 6.66. The molecule has 2 unspecified atom stereocenters. The molecule has 3 aliphatic rings. The maximum absolute atomic E-state index is 13.6. The van der Waals surface area contributed by atoms with E-state index in [9.17, 15) is 13.6 Å². The molecule has 0 aliphatic carbocycles. The van der Waals surface area contributed by atoms with Gasteiger partial charge in [-0.15, -0.1) is 0 Å². The second kappa shape index (κ2) is 9.84. The first kappa shape index (κ1) is 23.0. The number of rotatable bonds is 5. The molecule has 0 aromatic heterocycles. The Bertz CT molecular complexity index is 1100. The quantitative estimate of drug-likeness (QED) is 0.555. The average molecular weight is 479 g/mol. The predicted octanol–water partition coefficient (Wildman–Crippen LogP) is 5.67. The normalized spacial score (nSPS) is 22.7. The van der Waals surface area contributed by atoms with Crippen LogP contribution in [0.2, 0.25) is 0 Å². The molecule has 0 radical (unpaired) electrons. The van der Waals surface area contributed by atoms with Crippen LogP contribution in [0.15, 0.2) is 70.7 Å². The number of hydrogen-bond donors (Lipinski definition) is 0. The molecule has 1 amide bonds. The van der Waals surface area contributed by atoms with E-state index in [1.54, 1.807) is 29.2 Å². The molecule has 0 spiro atoms. The zero-order valence-corrected chi connectivity index (χ0v) is 19.9. The highest BCUT2D eigenvalue weighted by molar-refractivity contribution is 8.16. The van der Waals surface area contributed by atoms with Gasteiger partial charge in [-0.1, -0.05) is 41.6 Å². The number of amidine groups is 1. The average Bonchev–Trinajstić information content (AvgIpc) is 3.31. The van der Waals surface area contributed by atoms with Crippen LogP contribution >= 0.6 is 11.8 Å². The van der Waals surface area contributed by atoms with E-state index in [1.807, 2.05) is 18.5 Å². The lowest BCUT2D eigenvalue weighted by atomic mass is 9.88. The third-order valence-electron chi connectivity index (χ3n) is 6.88. The summed E-state index contributed by atoms with van der Waals surface area (Å²) in [6.07, 6.45) is 4.36. The summed E-state index contributed by atoms with van der Waals surface area (Å²) in [5.41, 5.74) is 4.26. The first-order valence-electron chi connectivity index (χ1n) is 11.7. The van der Waals surface area contributed by atoms with Crippen LogP contribution in [0.5, 0.6) is 0 Å². The van der Waals surface area contributed by atoms with Gasteiger partial charge in [0.05, 0.1) is 12.0 Å².